The van der Waals surface area contributed by atoms with Gasteiger partial charge in [-0.05, 0) is 74.9 Å². The Bertz CT molecular complexity index is 1350. The van der Waals surface area contributed by atoms with E-state index in [0.717, 1.165) is 0 Å². The predicted molar refractivity (Wildman–Crippen MR) is 142 cm³/mol. The SMILES string of the molecule is CCOc1cc(C(Nc2ccc(C(=N)N)cc2)C(=O)NNC(=O)c2ccnc(C#N)c2)ccc1OC(C)C. The summed E-state index contributed by atoms with van der Waals surface area (Å²) in [7, 11) is 0. The topological polar surface area (TPSA) is 175 Å². The maximum Gasteiger partial charge on any atom is 0.269 e. The molecule has 0 aliphatic carbocycles. The summed E-state index contributed by atoms with van der Waals surface area (Å²) in [5.74, 6) is -0.253. The number of nitrogens with one attached hydrogen (secondary N) is 4. The fraction of sp³-hybridized carbons (Fsp3) is 0.222. The average Bonchev–Trinajstić information content (AvgIpc) is 2.91. The lowest BCUT2D eigenvalue weighted by molar-refractivity contribution is -0.122. The minimum Gasteiger partial charge on any atom is -0.490 e. The van der Waals surface area contributed by atoms with Crippen molar-refractivity contribution in [3.05, 3.63) is 83.2 Å². The number of anilines is 1. The van der Waals surface area contributed by atoms with Gasteiger partial charge in [0.2, 0.25) is 0 Å². The van der Waals surface area contributed by atoms with Gasteiger partial charge in [-0.3, -0.25) is 25.8 Å². The molecule has 196 valence electrons. The van der Waals surface area contributed by atoms with Gasteiger partial charge in [0.05, 0.1) is 12.7 Å². The van der Waals surface area contributed by atoms with E-state index < -0.39 is 17.9 Å². The molecule has 38 heavy (non-hydrogen) atoms. The number of amidine groups is 1. The van der Waals surface area contributed by atoms with E-state index in [9.17, 15) is 9.59 Å². The van der Waals surface area contributed by atoms with Gasteiger partial charge < -0.3 is 20.5 Å². The molecule has 3 rings (SSSR count). The summed E-state index contributed by atoms with van der Waals surface area (Å²) in [6.45, 7) is 6.03. The molecule has 1 aromatic heterocycles. The Hall–Kier alpha value is -5.11. The number of nitrogen functional groups attached to an aromatic ring is 1. The van der Waals surface area contributed by atoms with Gasteiger partial charge in [-0.15, -0.1) is 0 Å². The Morgan fingerprint density at radius 3 is 2.42 bits per heavy atom. The van der Waals surface area contributed by atoms with Crippen LogP contribution < -0.4 is 31.4 Å². The molecule has 3 aromatic rings. The van der Waals surface area contributed by atoms with Crippen molar-refractivity contribution in [3.8, 4) is 17.6 Å². The first-order chi connectivity index (χ1) is 18.2. The summed E-state index contributed by atoms with van der Waals surface area (Å²) in [6.07, 6.45) is 1.25. The van der Waals surface area contributed by atoms with Gasteiger partial charge in [0, 0.05) is 23.0 Å². The normalized spacial score (nSPS) is 11.1. The van der Waals surface area contributed by atoms with Crippen LogP contribution in [-0.2, 0) is 4.79 Å². The molecule has 2 amide bonds. The van der Waals surface area contributed by atoms with Crippen LogP contribution in [0.5, 0.6) is 11.5 Å². The minimum atomic E-state index is -0.960. The maximum atomic E-state index is 13.3. The number of ether oxygens (including phenoxy) is 2. The zero-order valence-corrected chi connectivity index (χ0v) is 21.2. The average molecular weight is 516 g/mol. The first kappa shape index (κ1) is 27.5. The predicted octanol–water partition coefficient (Wildman–Crippen LogP) is 3.04. The lowest BCUT2D eigenvalue weighted by atomic mass is 10.0. The smallest absolute Gasteiger partial charge is 0.269 e. The molecule has 2 aromatic carbocycles. The number of hydrogen-bond acceptors (Lipinski definition) is 8. The van der Waals surface area contributed by atoms with Crippen LogP contribution in [-0.4, -0.2) is 35.3 Å². The van der Waals surface area contributed by atoms with Crippen LogP contribution in [0.4, 0.5) is 5.69 Å². The number of nitriles is 1. The van der Waals surface area contributed by atoms with Crippen LogP contribution in [0.25, 0.3) is 0 Å². The molecule has 0 saturated heterocycles. The van der Waals surface area contributed by atoms with E-state index in [0.29, 0.717) is 34.9 Å². The minimum absolute atomic E-state index is 0.0738. The first-order valence-corrected chi connectivity index (χ1v) is 11.8. The molecule has 11 heteroatoms. The van der Waals surface area contributed by atoms with Crippen molar-refractivity contribution in [2.75, 3.05) is 11.9 Å². The van der Waals surface area contributed by atoms with E-state index in [2.05, 4.69) is 21.2 Å². The van der Waals surface area contributed by atoms with E-state index in [4.69, 9.17) is 25.9 Å². The molecule has 1 unspecified atom stereocenters. The molecule has 1 atom stereocenters. The summed E-state index contributed by atoms with van der Waals surface area (Å²) in [5, 5.41) is 19.7. The van der Waals surface area contributed by atoms with E-state index in [-0.39, 0.29) is 23.2 Å². The van der Waals surface area contributed by atoms with Crippen molar-refractivity contribution in [2.24, 2.45) is 5.73 Å². The first-order valence-electron chi connectivity index (χ1n) is 11.8. The van der Waals surface area contributed by atoms with Gasteiger partial charge in [-0.25, -0.2) is 4.98 Å². The molecule has 1 heterocycles. The third kappa shape index (κ3) is 7.20. The highest BCUT2D eigenvalue weighted by Crippen LogP contribution is 2.32. The highest BCUT2D eigenvalue weighted by atomic mass is 16.5. The highest BCUT2D eigenvalue weighted by Gasteiger charge is 2.24. The molecule has 0 radical (unpaired) electrons. The number of rotatable bonds is 10. The van der Waals surface area contributed by atoms with Crippen molar-refractivity contribution in [1.29, 1.82) is 10.7 Å². The number of hydrazine groups is 1. The third-order valence-corrected chi connectivity index (χ3v) is 5.17. The largest absolute Gasteiger partial charge is 0.490 e. The lowest BCUT2D eigenvalue weighted by Crippen LogP contribution is -2.45. The zero-order valence-electron chi connectivity index (χ0n) is 21.2. The number of amides is 2. The second kappa shape index (κ2) is 12.7. The van der Waals surface area contributed by atoms with Crippen LogP contribution in [0.2, 0.25) is 0 Å². The number of carbonyl (C=O) groups excluding carboxylic acids is 2. The molecule has 0 aliphatic heterocycles. The van der Waals surface area contributed by atoms with Crippen LogP contribution in [0.1, 0.15) is 54.0 Å². The lowest BCUT2D eigenvalue weighted by Gasteiger charge is -2.22. The van der Waals surface area contributed by atoms with Crippen molar-refractivity contribution in [2.45, 2.75) is 32.9 Å². The highest BCUT2D eigenvalue weighted by molar-refractivity contribution is 5.97. The Morgan fingerprint density at radius 1 is 1.05 bits per heavy atom. The van der Waals surface area contributed by atoms with E-state index in [1.165, 1.54) is 18.3 Å². The second-order valence-corrected chi connectivity index (χ2v) is 8.36. The van der Waals surface area contributed by atoms with Crippen LogP contribution in [0, 0.1) is 16.7 Å². The molecule has 0 aliphatic rings. The van der Waals surface area contributed by atoms with Gasteiger partial charge in [-0.1, -0.05) is 6.07 Å². The number of pyridine rings is 1. The van der Waals surface area contributed by atoms with Gasteiger partial charge in [-0.2, -0.15) is 5.26 Å². The number of carbonyl (C=O) groups is 2. The Labute approximate surface area is 220 Å². The Balaban J connectivity index is 1.89. The zero-order chi connectivity index (χ0) is 27.7. The molecule has 0 bridgehead atoms. The van der Waals surface area contributed by atoms with Gasteiger partial charge in [0.1, 0.15) is 23.6 Å². The van der Waals surface area contributed by atoms with Gasteiger partial charge in [0.25, 0.3) is 11.8 Å². The Morgan fingerprint density at radius 2 is 1.79 bits per heavy atom. The van der Waals surface area contributed by atoms with Crippen molar-refractivity contribution >= 4 is 23.3 Å². The summed E-state index contributed by atoms with van der Waals surface area (Å²) in [4.78, 5) is 29.7. The van der Waals surface area contributed by atoms with Crippen LogP contribution in [0.3, 0.4) is 0 Å². The number of nitrogens with two attached hydrogens (primary N) is 1. The van der Waals surface area contributed by atoms with E-state index in [1.807, 2.05) is 26.8 Å². The Kier molecular flexibility index (Phi) is 9.21. The monoisotopic (exact) mass is 515 g/mol. The molecule has 6 N–H and O–H groups in total. The van der Waals surface area contributed by atoms with E-state index in [1.54, 1.807) is 42.5 Å². The second-order valence-electron chi connectivity index (χ2n) is 8.36. The number of nitrogens with zero attached hydrogens (tertiary/aromatic N) is 2. The van der Waals surface area contributed by atoms with E-state index >= 15 is 0 Å². The number of aromatic nitrogens is 1. The summed E-state index contributed by atoms with van der Waals surface area (Å²) < 4.78 is 11.6. The fourth-order valence-corrected chi connectivity index (χ4v) is 3.43. The summed E-state index contributed by atoms with van der Waals surface area (Å²) in [5.41, 5.74) is 12.2. The molecular formula is C27H29N7O4. The summed E-state index contributed by atoms with van der Waals surface area (Å²) in [6, 6.07) is 15.5. The molecular weight excluding hydrogens is 486 g/mol. The molecule has 0 fully saturated rings. The van der Waals surface area contributed by atoms with Crippen LogP contribution >= 0.6 is 0 Å². The number of benzene rings is 2. The van der Waals surface area contributed by atoms with Crippen molar-refractivity contribution in [3.63, 3.8) is 0 Å². The molecule has 11 nitrogen and oxygen atoms in total. The van der Waals surface area contributed by atoms with Crippen molar-refractivity contribution in [1.82, 2.24) is 15.8 Å². The standard InChI is InChI=1S/C27H29N7O4/c1-4-37-23-14-18(7-10-22(23)38-16(2)3)24(32-20-8-5-17(6-9-20)25(29)30)27(36)34-33-26(35)19-11-12-31-21(13-19)15-28/h5-14,16,24,32H,4H2,1-3H3,(H3,29,30)(H,33,35)(H,34,36). The van der Waals surface area contributed by atoms with Gasteiger partial charge >= 0.3 is 0 Å². The molecule has 0 spiro atoms. The third-order valence-electron chi connectivity index (χ3n) is 5.17. The quantitative estimate of drug-likeness (QED) is 0.155. The maximum absolute atomic E-state index is 13.3. The fourth-order valence-electron chi connectivity index (χ4n) is 3.43. The molecule has 0 saturated carbocycles. The van der Waals surface area contributed by atoms with Crippen molar-refractivity contribution < 1.29 is 19.1 Å². The van der Waals surface area contributed by atoms with Gasteiger partial charge in [0.15, 0.2) is 11.5 Å². The summed E-state index contributed by atoms with van der Waals surface area (Å²) >= 11 is 0. The van der Waals surface area contributed by atoms with Crippen LogP contribution in [0.15, 0.2) is 60.8 Å². The number of hydrogen-bond donors (Lipinski definition) is 5.